The summed E-state index contributed by atoms with van der Waals surface area (Å²) < 4.78 is 13.9. The molecule has 0 aliphatic heterocycles. The monoisotopic (exact) mass is 292 g/mol. The highest BCUT2D eigenvalue weighted by Gasteiger charge is 2.19. The van der Waals surface area contributed by atoms with E-state index in [9.17, 15) is 9.18 Å². The molecular weight excluding hydrogens is 267 g/mol. The van der Waals surface area contributed by atoms with Crippen LogP contribution < -0.4 is 11.1 Å². The van der Waals surface area contributed by atoms with Gasteiger partial charge in [0.1, 0.15) is 5.82 Å². The number of carbonyl (C=O) groups is 1. The number of nitrogens with two attached hydrogens (primary N) is 1. The summed E-state index contributed by atoms with van der Waals surface area (Å²) in [5.74, 6) is -0.285. The van der Waals surface area contributed by atoms with Crippen molar-refractivity contribution in [2.45, 2.75) is 58.0 Å². The zero-order valence-electron chi connectivity index (χ0n) is 12.7. The summed E-state index contributed by atoms with van der Waals surface area (Å²) in [7, 11) is 0. The normalized spacial score (nSPS) is 18.2. The predicted molar refractivity (Wildman–Crippen MR) is 82.4 cm³/mol. The summed E-state index contributed by atoms with van der Waals surface area (Å²) in [6.07, 6.45) is 7.81. The van der Waals surface area contributed by atoms with E-state index >= 15 is 0 Å². The van der Waals surface area contributed by atoms with E-state index in [0.717, 1.165) is 0 Å². The van der Waals surface area contributed by atoms with Gasteiger partial charge in [-0.15, -0.1) is 0 Å². The van der Waals surface area contributed by atoms with Crippen LogP contribution in [0.4, 0.5) is 4.39 Å². The van der Waals surface area contributed by atoms with Crippen molar-refractivity contribution >= 4 is 5.91 Å². The van der Waals surface area contributed by atoms with E-state index in [1.54, 1.807) is 12.1 Å². The number of hydrogen-bond donors (Lipinski definition) is 2. The van der Waals surface area contributed by atoms with Crippen LogP contribution >= 0.6 is 0 Å². The van der Waals surface area contributed by atoms with Gasteiger partial charge in [0.25, 0.3) is 0 Å². The van der Waals surface area contributed by atoms with E-state index in [-0.39, 0.29) is 11.4 Å². The Labute approximate surface area is 126 Å². The number of hydrogen-bond acceptors (Lipinski definition) is 2. The third kappa shape index (κ3) is 4.53. The molecule has 0 saturated heterocycles. The van der Waals surface area contributed by atoms with E-state index in [2.05, 4.69) is 12.2 Å². The highest BCUT2D eigenvalue weighted by molar-refractivity contribution is 5.92. The van der Waals surface area contributed by atoms with E-state index in [1.165, 1.54) is 44.6 Å². The van der Waals surface area contributed by atoms with Crippen LogP contribution in [0.15, 0.2) is 18.2 Å². The van der Waals surface area contributed by atoms with Crippen LogP contribution in [-0.4, -0.2) is 11.9 Å². The lowest BCUT2D eigenvalue weighted by atomic mass is 9.93. The second-order valence-electron chi connectivity index (χ2n) is 6.09. The van der Waals surface area contributed by atoms with Gasteiger partial charge in [-0.3, -0.25) is 4.79 Å². The quantitative estimate of drug-likeness (QED) is 0.817. The topological polar surface area (TPSA) is 55.1 Å². The minimum Gasteiger partial charge on any atom is -0.366 e. The number of benzene rings is 1. The molecule has 0 bridgehead atoms. The molecule has 1 saturated carbocycles. The van der Waals surface area contributed by atoms with Gasteiger partial charge < -0.3 is 11.1 Å². The van der Waals surface area contributed by atoms with Crippen molar-refractivity contribution in [2.75, 3.05) is 0 Å². The van der Waals surface area contributed by atoms with Crippen LogP contribution in [0.5, 0.6) is 0 Å². The van der Waals surface area contributed by atoms with Crippen molar-refractivity contribution < 1.29 is 9.18 Å². The zero-order valence-corrected chi connectivity index (χ0v) is 12.7. The Morgan fingerprint density at radius 2 is 2.00 bits per heavy atom. The SMILES string of the molecule is C[C@H](NCc1ccc(C(N)=O)cc1F)C1CCCCCC1. The molecule has 0 radical (unpaired) electrons. The molecular formula is C17H25FN2O. The van der Waals surface area contributed by atoms with Gasteiger partial charge in [-0.25, -0.2) is 4.39 Å². The zero-order chi connectivity index (χ0) is 15.2. The van der Waals surface area contributed by atoms with Crippen molar-refractivity contribution in [3.8, 4) is 0 Å². The minimum absolute atomic E-state index is 0.216. The molecule has 0 unspecified atom stereocenters. The molecule has 1 aromatic rings. The first-order valence-corrected chi connectivity index (χ1v) is 7.89. The first-order chi connectivity index (χ1) is 10.1. The Kier molecular flexibility index (Phi) is 5.74. The van der Waals surface area contributed by atoms with Gasteiger partial charge in [0.05, 0.1) is 0 Å². The fourth-order valence-corrected chi connectivity index (χ4v) is 3.09. The molecule has 1 amide bonds. The van der Waals surface area contributed by atoms with Gasteiger partial charge in [0.15, 0.2) is 0 Å². The smallest absolute Gasteiger partial charge is 0.248 e. The highest BCUT2D eigenvalue weighted by Crippen LogP contribution is 2.25. The number of amides is 1. The second-order valence-corrected chi connectivity index (χ2v) is 6.09. The van der Waals surface area contributed by atoms with Gasteiger partial charge in [0.2, 0.25) is 5.91 Å². The summed E-state index contributed by atoms with van der Waals surface area (Å²) in [4.78, 5) is 11.0. The van der Waals surface area contributed by atoms with Gasteiger partial charge in [-0.1, -0.05) is 31.7 Å². The maximum absolute atomic E-state index is 13.9. The number of primary amides is 1. The third-order valence-electron chi connectivity index (χ3n) is 4.56. The molecule has 3 N–H and O–H groups in total. The van der Waals surface area contributed by atoms with Crippen LogP contribution in [0, 0.1) is 11.7 Å². The molecule has 1 aromatic carbocycles. The van der Waals surface area contributed by atoms with E-state index in [4.69, 9.17) is 5.73 Å². The fraction of sp³-hybridized carbons (Fsp3) is 0.588. The Morgan fingerprint density at radius 1 is 1.33 bits per heavy atom. The van der Waals surface area contributed by atoms with Crippen LogP contribution in [0.25, 0.3) is 0 Å². The molecule has 21 heavy (non-hydrogen) atoms. The fourth-order valence-electron chi connectivity index (χ4n) is 3.09. The second kappa shape index (κ2) is 7.55. The molecule has 0 spiro atoms. The maximum atomic E-state index is 13.9. The van der Waals surface area contributed by atoms with Gasteiger partial charge in [-0.2, -0.15) is 0 Å². The van der Waals surface area contributed by atoms with Crippen LogP contribution in [0.3, 0.4) is 0 Å². The molecule has 0 heterocycles. The largest absolute Gasteiger partial charge is 0.366 e. The number of carbonyl (C=O) groups excluding carboxylic acids is 1. The lowest BCUT2D eigenvalue weighted by Gasteiger charge is -2.23. The van der Waals surface area contributed by atoms with Crippen LogP contribution in [0.1, 0.15) is 61.4 Å². The van der Waals surface area contributed by atoms with Crippen molar-refractivity contribution in [3.63, 3.8) is 0 Å². The molecule has 2 rings (SSSR count). The van der Waals surface area contributed by atoms with E-state index < -0.39 is 5.91 Å². The van der Waals surface area contributed by atoms with E-state index in [1.807, 2.05) is 0 Å². The van der Waals surface area contributed by atoms with Gasteiger partial charge in [-0.05, 0) is 37.8 Å². The predicted octanol–water partition coefficient (Wildman–Crippen LogP) is 3.37. The first kappa shape index (κ1) is 16.0. The van der Waals surface area contributed by atoms with E-state index in [0.29, 0.717) is 24.1 Å². The van der Waals surface area contributed by atoms with Crippen LogP contribution in [-0.2, 0) is 6.54 Å². The Hall–Kier alpha value is -1.42. The average Bonchev–Trinajstić information content (AvgIpc) is 2.74. The Morgan fingerprint density at radius 3 is 2.57 bits per heavy atom. The lowest BCUT2D eigenvalue weighted by Crippen LogP contribution is -2.33. The summed E-state index contributed by atoms with van der Waals surface area (Å²) in [5, 5.41) is 3.43. The number of nitrogens with one attached hydrogen (secondary N) is 1. The lowest BCUT2D eigenvalue weighted by molar-refractivity contribution is 0.1000. The summed E-state index contributed by atoms with van der Waals surface area (Å²) in [6, 6.07) is 4.83. The average molecular weight is 292 g/mol. The maximum Gasteiger partial charge on any atom is 0.248 e. The van der Waals surface area contributed by atoms with Gasteiger partial charge >= 0.3 is 0 Å². The van der Waals surface area contributed by atoms with Crippen molar-refractivity contribution in [2.24, 2.45) is 11.7 Å². The van der Waals surface area contributed by atoms with Crippen LogP contribution in [0.2, 0.25) is 0 Å². The molecule has 1 atom stereocenters. The minimum atomic E-state index is -0.597. The van der Waals surface area contributed by atoms with Crippen molar-refractivity contribution in [1.29, 1.82) is 0 Å². The number of rotatable bonds is 5. The molecule has 1 aliphatic carbocycles. The summed E-state index contributed by atoms with van der Waals surface area (Å²) >= 11 is 0. The molecule has 3 nitrogen and oxygen atoms in total. The molecule has 0 aromatic heterocycles. The Balaban J connectivity index is 1.91. The third-order valence-corrected chi connectivity index (χ3v) is 4.56. The number of halogens is 1. The summed E-state index contributed by atoms with van der Waals surface area (Å²) in [5.41, 5.74) is 5.95. The molecule has 1 fully saturated rings. The Bertz CT molecular complexity index is 482. The van der Waals surface area contributed by atoms with Crippen molar-refractivity contribution in [1.82, 2.24) is 5.32 Å². The highest BCUT2D eigenvalue weighted by atomic mass is 19.1. The molecule has 116 valence electrons. The molecule has 4 heteroatoms. The molecule has 1 aliphatic rings. The van der Waals surface area contributed by atoms with Gasteiger partial charge in [0, 0.05) is 23.7 Å². The standard InChI is InChI=1S/C17H25FN2O/c1-12(13-6-4-2-3-5-7-13)20-11-15-9-8-14(17(19)21)10-16(15)18/h8-10,12-13,20H,2-7,11H2,1H3,(H2,19,21)/t12-/m0/s1. The first-order valence-electron chi connectivity index (χ1n) is 7.89. The van der Waals surface area contributed by atoms with Crippen molar-refractivity contribution in [3.05, 3.63) is 35.1 Å². The summed E-state index contributed by atoms with van der Waals surface area (Å²) in [6.45, 7) is 2.67.